The summed E-state index contributed by atoms with van der Waals surface area (Å²) in [5.74, 6) is -0.349. The minimum atomic E-state index is -0.556. The maximum atomic E-state index is 13.8. The van der Waals surface area contributed by atoms with Gasteiger partial charge in [0.05, 0.1) is 13.2 Å². The molecule has 0 aliphatic carbocycles. The molecule has 0 heterocycles. The average Bonchev–Trinajstić information content (AvgIpc) is 2.59. The van der Waals surface area contributed by atoms with Gasteiger partial charge in [0.15, 0.2) is 0 Å². The van der Waals surface area contributed by atoms with E-state index < -0.39 is 11.7 Å². The van der Waals surface area contributed by atoms with E-state index in [1.54, 1.807) is 18.2 Å². The summed E-state index contributed by atoms with van der Waals surface area (Å²) in [4.78, 5) is 12.1. The molecular formula is C23H30FNO3. The molecule has 0 saturated heterocycles. The quantitative estimate of drug-likeness (QED) is 0.704. The van der Waals surface area contributed by atoms with Crippen molar-refractivity contribution in [1.29, 1.82) is 0 Å². The predicted octanol–water partition coefficient (Wildman–Crippen LogP) is 5.27. The van der Waals surface area contributed by atoms with Crippen LogP contribution in [0, 0.1) is 19.7 Å². The lowest BCUT2D eigenvalue weighted by Gasteiger charge is -2.24. The number of amides is 1. The molecule has 0 radical (unpaired) electrons. The third-order valence-electron chi connectivity index (χ3n) is 4.38. The van der Waals surface area contributed by atoms with E-state index in [9.17, 15) is 9.18 Å². The van der Waals surface area contributed by atoms with Gasteiger partial charge in [-0.2, -0.15) is 0 Å². The average molecular weight is 387 g/mol. The van der Waals surface area contributed by atoms with Gasteiger partial charge in [-0.3, -0.25) is 0 Å². The number of hydrogen-bond donors (Lipinski definition) is 1. The van der Waals surface area contributed by atoms with Crippen LogP contribution in [0.15, 0.2) is 42.5 Å². The number of carbonyl (C=O) groups excluding carboxylic acids is 1. The van der Waals surface area contributed by atoms with Crippen LogP contribution in [0.2, 0.25) is 0 Å². The smallest absolute Gasteiger partial charge is 0.407 e. The highest BCUT2D eigenvalue weighted by molar-refractivity contribution is 5.67. The second-order valence-corrected chi connectivity index (χ2v) is 7.99. The number of halogens is 1. The van der Waals surface area contributed by atoms with E-state index >= 15 is 0 Å². The summed E-state index contributed by atoms with van der Waals surface area (Å²) in [6.45, 7) is 10.5. The molecule has 1 amide bonds. The molecule has 2 aromatic rings. The van der Waals surface area contributed by atoms with Gasteiger partial charge in [0.1, 0.15) is 11.4 Å². The first-order valence-electron chi connectivity index (χ1n) is 9.51. The molecule has 0 saturated carbocycles. The fourth-order valence-corrected chi connectivity index (χ4v) is 3.16. The number of carbonyl (C=O) groups is 1. The SMILES string of the molecule is Cc1cccc(C)c1C(CNC(=O)OC(C)(C)C)COCc1ccccc1F. The summed E-state index contributed by atoms with van der Waals surface area (Å²) < 4.78 is 25.0. The third-order valence-corrected chi connectivity index (χ3v) is 4.38. The standard InChI is InChI=1S/C23H30FNO3/c1-16-9-8-10-17(2)21(16)19(13-25-22(26)28-23(3,4)5)15-27-14-18-11-6-7-12-20(18)24/h6-12,19H,13-15H2,1-5H3,(H,25,26). The molecule has 0 fully saturated rings. The molecule has 152 valence electrons. The highest BCUT2D eigenvalue weighted by Gasteiger charge is 2.21. The molecule has 5 heteroatoms. The van der Waals surface area contributed by atoms with Gasteiger partial charge in [-0.1, -0.05) is 36.4 Å². The van der Waals surface area contributed by atoms with Crippen LogP contribution in [0.3, 0.4) is 0 Å². The highest BCUT2D eigenvalue weighted by Crippen LogP contribution is 2.24. The van der Waals surface area contributed by atoms with E-state index in [0.29, 0.717) is 18.7 Å². The van der Waals surface area contributed by atoms with Crippen molar-refractivity contribution in [3.63, 3.8) is 0 Å². The maximum absolute atomic E-state index is 13.8. The van der Waals surface area contributed by atoms with Crippen molar-refractivity contribution in [3.8, 4) is 0 Å². The van der Waals surface area contributed by atoms with E-state index in [2.05, 4.69) is 5.32 Å². The lowest BCUT2D eigenvalue weighted by molar-refractivity contribution is 0.0508. The summed E-state index contributed by atoms with van der Waals surface area (Å²) >= 11 is 0. The molecule has 0 spiro atoms. The topological polar surface area (TPSA) is 47.6 Å². The van der Waals surface area contributed by atoms with Crippen LogP contribution < -0.4 is 5.32 Å². The van der Waals surface area contributed by atoms with Gasteiger partial charge >= 0.3 is 6.09 Å². The van der Waals surface area contributed by atoms with Crippen molar-refractivity contribution in [2.24, 2.45) is 0 Å². The zero-order chi connectivity index (χ0) is 20.7. The number of hydrogen-bond acceptors (Lipinski definition) is 3. The summed E-state index contributed by atoms with van der Waals surface area (Å²) in [5.41, 5.74) is 3.35. The zero-order valence-corrected chi connectivity index (χ0v) is 17.3. The summed E-state index contributed by atoms with van der Waals surface area (Å²) in [6.07, 6.45) is -0.460. The number of benzene rings is 2. The van der Waals surface area contributed by atoms with E-state index in [1.807, 2.05) is 52.8 Å². The fraction of sp³-hybridized carbons (Fsp3) is 0.435. The minimum Gasteiger partial charge on any atom is -0.444 e. The predicted molar refractivity (Wildman–Crippen MR) is 109 cm³/mol. The molecule has 28 heavy (non-hydrogen) atoms. The Balaban J connectivity index is 2.08. The van der Waals surface area contributed by atoms with Crippen molar-refractivity contribution >= 4 is 6.09 Å². The van der Waals surface area contributed by atoms with E-state index in [1.165, 1.54) is 6.07 Å². The Bertz CT molecular complexity index is 778. The van der Waals surface area contributed by atoms with Crippen molar-refractivity contribution in [3.05, 3.63) is 70.5 Å². The van der Waals surface area contributed by atoms with Crippen LogP contribution in [0.5, 0.6) is 0 Å². The molecule has 0 bridgehead atoms. The van der Waals surface area contributed by atoms with Gasteiger partial charge in [0.25, 0.3) is 0 Å². The Morgan fingerprint density at radius 3 is 2.32 bits per heavy atom. The Labute approximate surface area is 167 Å². The monoisotopic (exact) mass is 387 g/mol. The zero-order valence-electron chi connectivity index (χ0n) is 17.3. The first-order chi connectivity index (χ1) is 13.2. The van der Waals surface area contributed by atoms with Gasteiger partial charge < -0.3 is 14.8 Å². The van der Waals surface area contributed by atoms with Crippen LogP contribution in [0.25, 0.3) is 0 Å². The van der Waals surface area contributed by atoms with Gasteiger partial charge in [-0.05, 0) is 57.4 Å². The number of aryl methyl sites for hydroxylation is 2. The van der Waals surface area contributed by atoms with Crippen molar-refractivity contribution in [2.45, 2.75) is 52.7 Å². The summed E-state index contributed by atoms with van der Waals surface area (Å²) in [5, 5.41) is 2.84. The Morgan fingerprint density at radius 1 is 1.07 bits per heavy atom. The largest absolute Gasteiger partial charge is 0.444 e. The molecule has 1 unspecified atom stereocenters. The van der Waals surface area contributed by atoms with Crippen LogP contribution in [-0.4, -0.2) is 24.8 Å². The molecule has 4 nitrogen and oxygen atoms in total. The lowest BCUT2D eigenvalue weighted by Crippen LogP contribution is -2.36. The first kappa shape index (κ1) is 21.9. The fourth-order valence-electron chi connectivity index (χ4n) is 3.16. The van der Waals surface area contributed by atoms with Gasteiger partial charge in [0.2, 0.25) is 0 Å². The molecule has 1 N–H and O–H groups in total. The molecule has 0 aliphatic rings. The normalized spacial score (nSPS) is 12.5. The number of ether oxygens (including phenoxy) is 2. The number of nitrogens with one attached hydrogen (secondary N) is 1. The van der Waals surface area contributed by atoms with Gasteiger partial charge in [-0.15, -0.1) is 0 Å². The Morgan fingerprint density at radius 2 is 1.71 bits per heavy atom. The second kappa shape index (κ2) is 9.69. The number of rotatable bonds is 7. The molecular weight excluding hydrogens is 357 g/mol. The molecule has 2 rings (SSSR count). The maximum Gasteiger partial charge on any atom is 0.407 e. The molecule has 2 aromatic carbocycles. The van der Waals surface area contributed by atoms with Crippen molar-refractivity contribution in [1.82, 2.24) is 5.32 Å². The van der Waals surface area contributed by atoms with E-state index in [0.717, 1.165) is 16.7 Å². The van der Waals surface area contributed by atoms with Crippen LogP contribution in [0.1, 0.15) is 48.9 Å². The first-order valence-corrected chi connectivity index (χ1v) is 9.51. The van der Waals surface area contributed by atoms with Gasteiger partial charge in [-0.25, -0.2) is 9.18 Å². The van der Waals surface area contributed by atoms with Crippen molar-refractivity contribution in [2.75, 3.05) is 13.2 Å². The van der Waals surface area contributed by atoms with Crippen LogP contribution in [0.4, 0.5) is 9.18 Å². The van der Waals surface area contributed by atoms with Crippen molar-refractivity contribution < 1.29 is 18.7 Å². The molecule has 1 atom stereocenters. The Kier molecular flexibility index (Phi) is 7.58. The number of alkyl carbamates (subject to hydrolysis) is 1. The third kappa shape index (κ3) is 6.64. The summed E-state index contributed by atoms with van der Waals surface area (Å²) in [7, 11) is 0. The van der Waals surface area contributed by atoms with Crippen LogP contribution in [-0.2, 0) is 16.1 Å². The molecule has 0 aromatic heterocycles. The highest BCUT2D eigenvalue weighted by atomic mass is 19.1. The van der Waals surface area contributed by atoms with Gasteiger partial charge in [0, 0.05) is 18.0 Å². The lowest BCUT2D eigenvalue weighted by atomic mass is 9.91. The van der Waals surface area contributed by atoms with E-state index in [4.69, 9.17) is 9.47 Å². The van der Waals surface area contributed by atoms with E-state index in [-0.39, 0.29) is 18.3 Å². The Hall–Kier alpha value is -2.40. The minimum absolute atomic E-state index is 0.0690. The van der Waals surface area contributed by atoms with Crippen LogP contribution >= 0.6 is 0 Å². The summed E-state index contributed by atoms with van der Waals surface area (Å²) in [6, 6.07) is 12.7. The molecule has 0 aliphatic heterocycles. The second-order valence-electron chi connectivity index (χ2n) is 7.99.